The van der Waals surface area contributed by atoms with Crippen LogP contribution >= 0.6 is 0 Å². The second-order valence-corrected chi connectivity index (χ2v) is 12.9. The molecule has 15 nitrogen and oxygen atoms in total. The van der Waals surface area contributed by atoms with Crippen molar-refractivity contribution in [1.29, 1.82) is 0 Å². The van der Waals surface area contributed by atoms with Crippen molar-refractivity contribution < 1.29 is 61.9 Å². The summed E-state index contributed by atoms with van der Waals surface area (Å²) in [6, 6.07) is 0. The number of rotatable bonds is 8. The number of aliphatic hydroxyl groups is 2. The molecule has 2 aromatic rings. The number of aliphatic hydroxyl groups excluding tert-OH is 2. The van der Waals surface area contributed by atoms with Gasteiger partial charge in [0, 0.05) is 18.9 Å². The van der Waals surface area contributed by atoms with Gasteiger partial charge in [-0.25, -0.2) is 19.6 Å². The van der Waals surface area contributed by atoms with Crippen LogP contribution < -0.4 is 0 Å². The summed E-state index contributed by atoms with van der Waals surface area (Å²) in [4.78, 5) is 61.2. The van der Waals surface area contributed by atoms with Crippen molar-refractivity contribution >= 4 is 36.0 Å². The van der Waals surface area contributed by atoms with Gasteiger partial charge < -0.3 is 42.7 Å². The van der Waals surface area contributed by atoms with Crippen LogP contribution in [-0.4, -0.2) is 94.9 Å². The average molecular weight is 763 g/mol. The number of fused-ring (bicyclic) bond motifs is 5. The van der Waals surface area contributed by atoms with E-state index in [1.54, 1.807) is 74.6 Å². The summed E-state index contributed by atoms with van der Waals surface area (Å²) in [5.74, 6) is -3.25. The topological polar surface area (TPSA) is 210 Å². The van der Waals surface area contributed by atoms with Gasteiger partial charge in [0.25, 0.3) is 0 Å². The highest BCUT2D eigenvalue weighted by Crippen LogP contribution is 2.36. The highest BCUT2D eigenvalue weighted by molar-refractivity contribution is 5.88. The molecule has 294 valence electrons. The molecule has 2 aliphatic rings. The van der Waals surface area contributed by atoms with Gasteiger partial charge in [0.2, 0.25) is 11.8 Å². The lowest BCUT2D eigenvalue weighted by Crippen LogP contribution is -2.50. The van der Waals surface area contributed by atoms with Crippen LogP contribution in [0.4, 0.5) is 0 Å². The molecule has 0 saturated carbocycles. The predicted molar refractivity (Wildman–Crippen MR) is 197 cm³/mol. The molecule has 2 aromatic heterocycles. The third-order valence-electron chi connectivity index (χ3n) is 9.25. The van der Waals surface area contributed by atoms with Crippen molar-refractivity contribution in [3.63, 3.8) is 0 Å². The molecule has 8 unspecified atom stereocenters. The second kappa shape index (κ2) is 19.1. The largest absolute Gasteiger partial charge is 0.468 e. The number of carbonyl (C=O) groups is 4. The van der Waals surface area contributed by atoms with Gasteiger partial charge in [-0.1, -0.05) is 66.8 Å². The molecule has 55 heavy (non-hydrogen) atoms. The first-order valence-corrected chi connectivity index (χ1v) is 17.4. The van der Waals surface area contributed by atoms with E-state index < -0.39 is 71.3 Å². The van der Waals surface area contributed by atoms with Crippen LogP contribution in [0, 0.1) is 10.8 Å². The number of carbonyl (C=O) groups excluding carboxylic acids is 4. The first-order valence-electron chi connectivity index (χ1n) is 17.4. The minimum Gasteiger partial charge on any atom is -0.468 e. The van der Waals surface area contributed by atoms with Crippen molar-refractivity contribution in [2.45, 2.75) is 77.2 Å². The molecule has 15 heteroatoms. The first kappa shape index (κ1) is 42.1. The Morgan fingerprint density at radius 3 is 1.73 bits per heavy atom. The first-order chi connectivity index (χ1) is 26.3. The van der Waals surface area contributed by atoms with Gasteiger partial charge in [0.1, 0.15) is 47.8 Å². The van der Waals surface area contributed by atoms with E-state index in [9.17, 15) is 29.4 Å². The summed E-state index contributed by atoms with van der Waals surface area (Å²) in [6.07, 6.45) is 18.3. The van der Waals surface area contributed by atoms with E-state index in [0.29, 0.717) is 0 Å². The van der Waals surface area contributed by atoms with E-state index in [1.165, 1.54) is 52.4 Å². The maximum atomic E-state index is 13.3. The Kier molecular flexibility index (Phi) is 14.6. The fourth-order valence-corrected chi connectivity index (χ4v) is 5.72. The number of oxazole rings is 2. The van der Waals surface area contributed by atoms with E-state index in [1.807, 2.05) is 0 Å². The lowest BCUT2D eigenvalue weighted by molar-refractivity contribution is -0.168. The predicted octanol–water partition coefficient (Wildman–Crippen LogP) is 4.90. The van der Waals surface area contributed by atoms with Crippen LogP contribution in [0.15, 0.2) is 94.3 Å². The number of hydrogen-bond donors (Lipinski definition) is 2. The molecule has 1 saturated heterocycles. The van der Waals surface area contributed by atoms with Gasteiger partial charge in [-0.3, -0.25) is 9.59 Å². The third kappa shape index (κ3) is 10.1. The third-order valence-corrected chi connectivity index (χ3v) is 9.25. The standard InChI is InChI=1S/C40H46N2O13/c1-7-15-29(43)39(3,37(47)49-5)31-18-12-10-9-11-13-20-33-41-25(23-51-33)35(45)55-32(40(4,38(48)50-6)30(44)16-8-2)19-14-17-27-28(53-27)21-22-34-42-26(24-52-34)36(46)54-31/h7-17,20-24,27-32,43-44H,18-19H2,1-6H3. The highest BCUT2D eigenvalue weighted by atomic mass is 16.6. The van der Waals surface area contributed by atoms with Crippen molar-refractivity contribution in [3.05, 3.63) is 109 Å². The molecule has 2 aliphatic heterocycles. The maximum Gasteiger partial charge on any atom is 0.360 e. The van der Waals surface area contributed by atoms with Crippen molar-refractivity contribution in [2.75, 3.05) is 14.2 Å². The Balaban J connectivity index is 1.68. The minimum atomic E-state index is -1.72. The molecule has 2 N–H and O–H groups in total. The van der Waals surface area contributed by atoms with Crippen LogP contribution in [-0.2, 0) is 33.3 Å². The Hall–Kier alpha value is -5.64. The van der Waals surface area contributed by atoms with Gasteiger partial charge in [0.05, 0.1) is 26.4 Å². The van der Waals surface area contributed by atoms with E-state index in [0.717, 1.165) is 12.5 Å². The molecule has 0 aliphatic carbocycles. The van der Waals surface area contributed by atoms with E-state index in [-0.39, 0.29) is 36.0 Å². The number of esters is 4. The molecule has 0 aromatic carbocycles. The highest BCUT2D eigenvalue weighted by Gasteiger charge is 2.51. The number of epoxide rings is 1. The van der Waals surface area contributed by atoms with Gasteiger partial charge >= 0.3 is 23.9 Å². The fourth-order valence-electron chi connectivity index (χ4n) is 5.72. The lowest BCUT2D eigenvalue weighted by Gasteiger charge is -2.36. The SMILES string of the molecule is CC=CC(O)C(C)(C(=O)OC)C1CC=CC2OC2C=Cc2nc(co2)C(=O)OC(C(C)(C(=O)OC)C(O)C=CC)CC=CC=CC=Cc2nc(co2)C(=O)O1. The smallest absolute Gasteiger partial charge is 0.360 e. The molecule has 0 amide bonds. The fraction of sp³-hybridized carbons (Fsp3) is 0.400. The lowest BCUT2D eigenvalue weighted by atomic mass is 9.76. The number of ether oxygens (including phenoxy) is 5. The average Bonchev–Trinajstić information content (AvgIpc) is 3.49. The summed E-state index contributed by atoms with van der Waals surface area (Å²) < 4.78 is 38.2. The van der Waals surface area contributed by atoms with Crippen LogP contribution in [0.3, 0.4) is 0 Å². The molecular weight excluding hydrogens is 716 g/mol. The Morgan fingerprint density at radius 1 is 0.745 bits per heavy atom. The number of hydrogen-bond acceptors (Lipinski definition) is 15. The van der Waals surface area contributed by atoms with E-state index in [4.69, 9.17) is 32.5 Å². The van der Waals surface area contributed by atoms with E-state index in [2.05, 4.69) is 9.97 Å². The van der Waals surface area contributed by atoms with Gasteiger partial charge in [0.15, 0.2) is 11.4 Å². The zero-order chi connectivity index (χ0) is 40.2. The number of aromatic nitrogens is 2. The van der Waals surface area contributed by atoms with Crippen molar-refractivity contribution in [2.24, 2.45) is 10.8 Å². The summed E-state index contributed by atoms with van der Waals surface area (Å²) in [5, 5.41) is 22.1. The monoisotopic (exact) mass is 762 g/mol. The zero-order valence-electron chi connectivity index (χ0n) is 31.4. The molecule has 0 spiro atoms. The molecule has 4 rings (SSSR count). The summed E-state index contributed by atoms with van der Waals surface area (Å²) >= 11 is 0. The van der Waals surface area contributed by atoms with Gasteiger partial charge in [-0.2, -0.15) is 0 Å². The van der Waals surface area contributed by atoms with Crippen molar-refractivity contribution in [1.82, 2.24) is 9.97 Å². The summed E-state index contributed by atoms with van der Waals surface area (Å²) in [6.45, 7) is 6.23. The number of cyclic esters (lactones) is 2. The van der Waals surface area contributed by atoms with E-state index >= 15 is 0 Å². The zero-order valence-corrected chi connectivity index (χ0v) is 31.4. The molecular formula is C40H46N2O13. The quantitative estimate of drug-likeness (QED) is 0.159. The second-order valence-electron chi connectivity index (χ2n) is 12.9. The van der Waals surface area contributed by atoms with Crippen LogP contribution in [0.1, 0.15) is 73.3 Å². The maximum absolute atomic E-state index is 13.3. The number of methoxy groups -OCH3 is 2. The van der Waals surface area contributed by atoms with Gasteiger partial charge in [-0.15, -0.1) is 0 Å². The molecule has 4 bridgehead atoms. The van der Waals surface area contributed by atoms with Crippen molar-refractivity contribution in [3.8, 4) is 0 Å². The van der Waals surface area contributed by atoms with Gasteiger partial charge in [-0.05, 0) is 39.8 Å². The molecule has 1 fully saturated rings. The number of nitrogens with zero attached hydrogens (tertiary/aromatic N) is 2. The van der Waals surface area contributed by atoms with Crippen LogP contribution in [0.2, 0.25) is 0 Å². The van der Waals surface area contributed by atoms with Crippen LogP contribution in [0.25, 0.3) is 12.2 Å². The van der Waals surface area contributed by atoms with Crippen LogP contribution in [0.5, 0.6) is 0 Å². The molecule has 8 atom stereocenters. The minimum absolute atomic E-state index is 0.00840. The Bertz CT molecular complexity index is 1880. The molecule has 0 radical (unpaired) electrons. The normalized spacial score (nSPS) is 24.3. The molecule has 4 heterocycles. The Morgan fingerprint density at radius 2 is 1.22 bits per heavy atom. The Labute approximate surface area is 318 Å². The summed E-state index contributed by atoms with van der Waals surface area (Å²) in [7, 11) is 2.35. The summed E-state index contributed by atoms with van der Waals surface area (Å²) in [5.41, 5.74) is -3.77. The number of allylic oxidation sites excluding steroid dienone is 6.